The fraction of sp³-hybridized carbons (Fsp3) is 0.500. The van der Waals surface area contributed by atoms with Crippen LogP contribution in [0.2, 0.25) is 0 Å². The van der Waals surface area contributed by atoms with Crippen LogP contribution in [0.25, 0.3) is 11.4 Å². The quantitative estimate of drug-likeness (QED) is 0.852. The van der Waals surface area contributed by atoms with Crippen molar-refractivity contribution in [3.63, 3.8) is 0 Å². The highest BCUT2D eigenvalue weighted by molar-refractivity contribution is 5.81. The van der Waals surface area contributed by atoms with Gasteiger partial charge in [-0.05, 0) is 26.0 Å². The van der Waals surface area contributed by atoms with Crippen LogP contribution in [0.4, 0.5) is 13.2 Å². The largest absolute Gasteiger partial charge is 0.416 e. The first-order chi connectivity index (χ1) is 13.2. The van der Waals surface area contributed by atoms with E-state index in [-0.39, 0.29) is 23.3 Å². The van der Waals surface area contributed by atoms with Gasteiger partial charge >= 0.3 is 6.18 Å². The predicted octanol–water partition coefficient (Wildman–Crippen LogP) is 2.31. The molecule has 2 aromatic rings. The molecular weight excluding hydrogens is 375 g/mol. The van der Waals surface area contributed by atoms with Crippen LogP contribution in [-0.4, -0.2) is 58.1 Å². The molecule has 0 saturated carbocycles. The normalized spacial score (nSPS) is 18.1. The Bertz CT molecular complexity index is 829. The van der Waals surface area contributed by atoms with Gasteiger partial charge in [0.15, 0.2) is 0 Å². The first-order valence-corrected chi connectivity index (χ1v) is 8.96. The number of aromatic nitrogens is 2. The fourth-order valence-electron chi connectivity index (χ4n) is 3.13. The highest BCUT2D eigenvalue weighted by atomic mass is 19.4. The number of piperazine rings is 1. The average molecular weight is 397 g/mol. The Kier molecular flexibility index (Phi) is 5.71. The summed E-state index contributed by atoms with van der Waals surface area (Å²) in [6.07, 6.45) is -4.44. The van der Waals surface area contributed by atoms with Gasteiger partial charge in [-0.1, -0.05) is 17.3 Å². The van der Waals surface area contributed by atoms with Crippen molar-refractivity contribution in [1.29, 1.82) is 0 Å². The number of carbonyl (C=O) groups excluding carboxylic acids is 1. The van der Waals surface area contributed by atoms with Crippen molar-refractivity contribution in [3.05, 3.63) is 35.7 Å². The maximum absolute atomic E-state index is 12.9. The predicted molar refractivity (Wildman–Crippen MR) is 95.0 cm³/mol. The Morgan fingerprint density at radius 3 is 2.50 bits per heavy atom. The Hall–Kier alpha value is -2.46. The van der Waals surface area contributed by atoms with Gasteiger partial charge in [-0.3, -0.25) is 9.69 Å². The molecule has 10 heteroatoms. The molecule has 1 saturated heterocycles. The number of halogens is 3. The lowest BCUT2D eigenvalue weighted by Gasteiger charge is -2.37. The van der Waals surface area contributed by atoms with Gasteiger partial charge in [0.25, 0.3) is 0 Å². The summed E-state index contributed by atoms with van der Waals surface area (Å²) < 4.78 is 44.0. The smallest absolute Gasteiger partial charge is 0.339 e. The molecule has 1 aliphatic heterocycles. The number of hydrogen-bond acceptors (Lipinski definition) is 6. The number of nitrogens with two attached hydrogens (primary N) is 1. The van der Waals surface area contributed by atoms with Crippen LogP contribution in [-0.2, 0) is 11.0 Å². The van der Waals surface area contributed by atoms with Gasteiger partial charge in [0.1, 0.15) is 0 Å². The van der Waals surface area contributed by atoms with Gasteiger partial charge in [-0.25, -0.2) is 0 Å². The lowest BCUT2D eigenvalue weighted by Crippen LogP contribution is -2.52. The van der Waals surface area contributed by atoms with Gasteiger partial charge in [0, 0.05) is 31.7 Å². The third-order valence-electron chi connectivity index (χ3n) is 4.81. The summed E-state index contributed by atoms with van der Waals surface area (Å²) in [6.45, 7) is 5.85. The molecule has 2 N–H and O–H groups in total. The van der Waals surface area contributed by atoms with E-state index in [1.165, 1.54) is 12.1 Å². The van der Waals surface area contributed by atoms with E-state index < -0.39 is 17.8 Å². The molecule has 1 aromatic carbocycles. The standard InChI is InChI=1S/C18H22F3N5O2/c1-11(22)17(27)26-8-6-25(7-9-26)12(2)16-23-15(24-28-16)13-4-3-5-14(10-13)18(19,20)21/h3-5,10-12H,6-9,22H2,1-2H3. The molecule has 152 valence electrons. The van der Waals surface area contributed by atoms with Crippen molar-refractivity contribution in [2.24, 2.45) is 5.73 Å². The van der Waals surface area contributed by atoms with E-state index in [9.17, 15) is 18.0 Å². The minimum absolute atomic E-state index is 0.0862. The molecule has 2 unspecified atom stereocenters. The van der Waals surface area contributed by atoms with Crippen molar-refractivity contribution < 1.29 is 22.5 Å². The van der Waals surface area contributed by atoms with Crippen molar-refractivity contribution >= 4 is 5.91 Å². The topological polar surface area (TPSA) is 88.5 Å². The molecule has 1 fully saturated rings. The Morgan fingerprint density at radius 2 is 1.89 bits per heavy atom. The monoisotopic (exact) mass is 397 g/mol. The minimum atomic E-state index is -4.44. The molecule has 3 rings (SSSR count). The van der Waals surface area contributed by atoms with E-state index >= 15 is 0 Å². The Labute approximate surface area is 160 Å². The molecule has 7 nitrogen and oxygen atoms in total. The SMILES string of the molecule is CC(N)C(=O)N1CCN(C(C)c2nc(-c3cccc(C(F)(F)F)c3)no2)CC1. The highest BCUT2D eigenvalue weighted by Gasteiger charge is 2.31. The van der Waals surface area contributed by atoms with Gasteiger partial charge < -0.3 is 15.2 Å². The highest BCUT2D eigenvalue weighted by Crippen LogP contribution is 2.32. The van der Waals surface area contributed by atoms with E-state index in [4.69, 9.17) is 10.3 Å². The first kappa shape index (κ1) is 20.3. The number of amides is 1. The summed E-state index contributed by atoms with van der Waals surface area (Å²) in [5.74, 6) is 0.343. The molecular formula is C18H22F3N5O2. The number of carbonyl (C=O) groups is 1. The summed E-state index contributed by atoms with van der Waals surface area (Å²) in [5, 5.41) is 3.83. The van der Waals surface area contributed by atoms with Crippen molar-refractivity contribution in [1.82, 2.24) is 19.9 Å². The summed E-state index contributed by atoms with van der Waals surface area (Å²) in [7, 11) is 0. The molecule has 0 radical (unpaired) electrons. The fourth-order valence-corrected chi connectivity index (χ4v) is 3.13. The molecule has 2 atom stereocenters. The molecule has 1 aromatic heterocycles. The number of rotatable bonds is 4. The summed E-state index contributed by atoms with van der Waals surface area (Å²) in [4.78, 5) is 20.0. The van der Waals surface area contributed by atoms with Crippen LogP contribution in [0.1, 0.15) is 31.3 Å². The third kappa shape index (κ3) is 4.33. The number of hydrogen-bond donors (Lipinski definition) is 1. The van der Waals surface area contributed by atoms with Gasteiger partial charge in [-0.2, -0.15) is 18.2 Å². The van der Waals surface area contributed by atoms with Crippen LogP contribution in [0.5, 0.6) is 0 Å². The van der Waals surface area contributed by atoms with Gasteiger partial charge in [-0.15, -0.1) is 0 Å². The summed E-state index contributed by atoms with van der Waals surface area (Å²) in [6, 6.07) is 4.06. The zero-order valence-electron chi connectivity index (χ0n) is 15.6. The number of benzene rings is 1. The average Bonchev–Trinajstić information content (AvgIpc) is 3.16. The summed E-state index contributed by atoms with van der Waals surface area (Å²) in [5.41, 5.74) is 5.11. The molecule has 2 heterocycles. The van der Waals surface area contributed by atoms with Crippen LogP contribution < -0.4 is 5.73 Å². The molecule has 1 aliphatic rings. The maximum Gasteiger partial charge on any atom is 0.416 e. The van der Waals surface area contributed by atoms with Crippen LogP contribution >= 0.6 is 0 Å². The van der Waals surface area contributed by atoms with E-state index in [1.54, 1.807) is 11.8 Å². The van der Waals surface area contributed by atoms with Crippen LogP contribution in [0, 0.1) is 0 Å². The van der Waals surface area contributed by atoms with Crippen LogP contribution in [0.3, 0.4) is 0 Å². The lowest BCUT2D eigenvalue weighted by atomic mass is 10.1. The Morgan fingerprint density at radius 1 is 1.21 bits per heavy atom. The van der Waals surface area contributed by atoms with Crippen molar-refractivity contribution in [3.8, 4) is 11.4 Å². The molecule has 0 aliphatic carbocycles. The van der Waals surface area contributed by atoms with Crippen LogP contribution in [0.15, 0.2) is 28.8 Å². The molecule has 0 bridgehead atoms. The molecule has 1 amide bonds. The number of alkyl halides is 3. The minimum Gasteiger partial charge on any atom is -0.339 e. The van der Waals surface area contributed by atoms with E-state index in [1.807, 2.05) is 6.92 Å². The van der Waals surface area contributed by atoms with E-state index in [0.717, 1.165) is 12.1 Å². The maximum atomic E-state index is 12.9. The van der Waals surface area contributed by atoms with Gasteiger partial charge in [0.05, 0.1) is 17.6 Å². The lowest BCUT2D eigenvalue weighted by molar-refractivity contribution is -0.137. The second kappa shape index (κ2) is 7.88. The summed E-state index contributed by atoms with van der Waals surface area (Å²) >= 11 is 0. The number of nitrogens with zero attached hydrogens (tertiary/aromatic N) is 4. The first-order valence-electron chi connectivity index (χ1n) is 8.96. The van der Waals surface area contributed by atoms with Crippen molar-refractivity contribution in [2.45, 2.75) is 32.1 Å². The van der Waals surface area contributed by atoms with E-state index in [0.29, 0.717) is 32.1 Å². The molecule has 0 spiro atoms. The third-order valence-corrected chi connectivity index (χ3v) is 4.81. The zero-order chi connectivity index (χ0) is 20.5. The van der Waals surface area contributed by atoms with Gasteiger partial charge in [0.2, 0.25) is 17.6 Å². The molecule has 28 heavy (non-hydrogen) atoms. The second-order valence-corrected chi connectivity index (χ2v) is 6.86. The van der Waals surface area contributed by atoms with Crippen molar-refractivity contribution in [2.75, 3.05) is 26.2 Å². The van der Waals surface area contributed by atoms with E-state index in [2.05, 4.69) is 15.0 Å². The zero-order valence-corrected chi connectivity index (χ0v) is 15.6. The second-order valence-electron chi connectivity index (χ2n) is 6.86. The Balaban J connectivity index is 1.68.